The molecule has 0 spiro atoms. The van der Waals surface area contributed by atoms with E-state index >= 15 is 0 Å². The first kappa shape index (κ1) is 19.6. The van der Waals surface area contributed by atoms with Crippen molar-refractivity contribution >= 4 is 26.9 Å². The third-order valence-electron chi connectivity index (χ3n) is 4.94. The van der Waals surface area contributed by atoms with Gasteiger partial charge < -0.3 is 20.3 Å². The normalized spacial score (nSPS) is 18.8. The quantitative estimate of drug-likeness (QED) is 0.542. The Bertz CT molecular complexity index is 1000. The number of thiazole rings is 1. The summed E-state index contributed by atoms with van der Waals surface area (Å²) >= 11 is 1.02. The number of nitrogens with two attached hydrogens (primary N) is 1. The van der Waals surface area contributed by atoms with Gasteiger partial charge in [-0.05, 0) is 50.3 Å². The van der Waals surface area contributed by atoms with Crippen LogP contribution in [0.1, 0.15) is 41.8 Å². The number of nitrogens with zero attached hydrogens (tertiary/aromatic N) is 2. The van der Waals surface area contributed by atoms with E-state index in [2.05, 4.69) is 20.7 Å². The molecule has 0 saturated carbocycles. The Labute approximate surface area is 168 Å². The second-order valence-electron chi connectivity index (χ2n) is 7.56. The molecule has 152 valence electrons. The van der Waals surface area contributed by atoms with Gasteiger partial charge in [-0.1, -0.05) is 0 Å². The summed E-state index contributed by atoms with van der Waals surface area (Å²) in [4.78, 5) is 4.56. The highest BCUT2D eigenvalue weighted by atomic mass is 32.2. The summed E-state index contributed by atoms with van der Waals surface area (Å²) < 4.78 is 22.5. The van der Waals surface area contributed by atoms with Crippen molar-refractivity contribution in [3.8, 4) is 5.75 Å². The van der Waals surface area contributed by atoms with Gasteiger partial charge in [0.25, 0.3) is 0 Å². The fourth-order valence-corrected chi connectivity index (χ4v) is 5.77. The summed E-state index contributed by atoms with van der Waals surface area (Å²) in [6.45, 7) is 3.82. The number of benzene rings is 1. The van der Waals surface area contributed by atoms with E-state index in [0.717, 1.165) is 59.6 Å². The minimum Gasteiger partial charge on any atom is -0.493 e. The van der Waals surface area contributed by atoms with Crippen molar-refractivity contribution in [2.75, 3.05) is 11.9 Å². The molecule has 1 aromatic carbocycles. The number of nitrogens with one attached hydrogen (secondary N) is 1. The van der Waals surface area contributed by atoms with Crippen molar-refractivity contribution in [3.05, 3.63) is 33.8 Å². The average molecular weight is 425 g/mol. The molecule has 2 atom stereocenters. The van der Waals surface area contributed by atoms with E-state index in [9.17, 15) is 14.4 Å². The summed E-state index contributed by atoms with van der Waals surface area (Å²) in [7, 11) is -3.42. The third-order valence-corrected chi connectivity index (χ3v) is 8.13. The van der Waals surface area contributed by atoms with Gasteiger partial charge in [-0.2, -0.15) is 4.36 Å². The fraction of sp³-hybridized carbons (Fsp3) is 0.500. The molecule has 2 aliphatic rings. The summed E-state index contributed by atoms with van der Waals surface area (Å²) in [5.74, 6) is 0.832. The van der Waals surface area contributed by atoms with Crippen molar-refractivity contribution in [2.24, 2.45) is 9.50 Å². The highest BCUT2D eigenvalue weighted by Gasteiger charge is 2.27. The largest absolute Gasteiger partial charge is 0.493 e. The molecule has 2 heterocycles. The monoisotopic (exact) mass is 424 g/mol. The topological polar surface area (TPSA) is 130 Å². The number of hydrogen-bond donors (Lipinski definition) is 4. The van der Waals surface area contributed by atoms with Crippen molar-refractivity contribution in [1.82, 2.24) is 4.98 Å². The van der Waals surface area contributed by atoms with Gasteiger partial charge in [0.1, 0.15) is 5.75 Å². The van der Waals surface area contributed by atoms with Crippen molar-refractivity contribution in [1.29, 1.82) is 0 Å². The molecule has 0 radical (unpaired) electrons. The van der Waals surface area contributed by atoms with Crippen molar-refractivity contribution in [3.63, 3.8) is 0 Å². The smallest absolute Gasteiger partial charge is 0.233 e. The minimum absolute atomic E-state index is 0.0670. The number of ether oxygens (including phenoxy) is 1. The van der Waals surface area contributed by atoms with Crippen LogP contribution < -0.4 is 15.2 Å². The van der Waals surface area contributed by atoms with Gasteiger partial charge in [-0.15, -0.1) is 11.3 Å². The molecule has 0 fully saturated rings. The van der Waals surface area contributed by atoms with Gasteiger partial charge in [0.05, 0.1) is 17.1 Å². The van der Waals surface area contributed by atoms with Gasteiger partial charge in [0.15, 0.2) is 9.92 Å². The SMILES string of the molecule is CC(C)(O)c1cnc(S(N)(=O)=NC(O)Nc2c3c(cc4c2CCO4)CCC3)s1. The van der Waals surface area contributed by atoms with Crippen LogP contribution in [0.4, 0.5) is 5.69 Å². The number of aromatic nitrogens is 1. The maximum Gasteiger partial charge on any atom is 0.233 e. The van der Waals surface area contributed by atoms with E-state index in [4.69, 9.17) is 9.88 Å². The van der Waals surface area contributed by atoms with Crippen LogP contribution in [0.5, 0.6) is 5.75 Å². The lowest BCUT2D eigenvalue weighted by Gasteiger charge is -2.18. The number of hydrogen-bond acceptors (Lipinski definition) is 8. The van der Waals surface area contributed by atoms with Crippen LogP contribution in [-0.2, 0) is 34.8 Å². The Hall–Kier alpha value is -1.72. The van der Waals surface area contributed by atoms with Crippen LogP contribution in [0.2, 0.25) is 0 Å². The third kappa shape index (κ3) is 3.62. The van der Waals surface area contributed by atoms with Crippen molar-refractivity contribution in [2.45, 2.75) is 55.8 Å². The molecule has 10 heteroatoms. The zero-order valence-corrected chi connectivity index (χ0v) is 17.4. The van der Waals surface area contributed by atoms with Crippen LogP contribution in [0.25, 0.3) is 0 Å². The summed E-state index contributed by atoms with van der Waals surface area (Å²) in [6.07, 6.45) is 3.65. The number of rotatable bonds is 5. The Kier molecular flexibility index (Phi) is 4.87. The molecule has 2 aromatic rings. The van der Waals surface area contributed by atoms with Gasteiger partial charge in [-0.25, -0.2) is 14.3 Å². The van der Waals surface area contributed by atoms with Crippen LogP contribution in [0.15, 0.2) is 21.0 Å². The first-order valence-electron chi connectivity index (χ1n) is 9.13. The Balaban J connectivity index is 1.64. The van der Waals surface area contributed by atoms with E-state index in [1.54, 1.807) is 13.8 Å². The van der Waals surface area contributed by atoms with Crippen LogP contribution in [0.3, 0.4) is 0 Å². The second kappa shape index (κ2) is 6.96. The van der Waals surface area contributed by atoms with Gasteiger partial charge in [-0.3, -0.25) is 0 Å². The Morgan fingerprint density at radius 3 is 2.89 bits per heavy atom. The van der Waals surface area contributed by atoms with E-state index in [0.29, 0.717) is 11.5 Å². The molecule has 1 aliphatic carbocycles. The van der Waals surface area contributed by atoms with Gasteiger partial charge >= 0.3 is 0 Å². The molecule has 8 nitrogen and oxygen atoms in total. The van der Waals surface area contributed by atoms with E-state index in [1.807, 2.05) is 0 Å². The molecule has 28 heavy (non-hydrogen) atoms. The zero-order chi connectivity index (χ0) is 20.1. The molecular formula is C18H24N4O4S2. The summed E-state index contributed by atoms with van der Waals surface area (Å²) in [5, 5.41) is 29.4. The highest BCUT2D eigenvalue weighted by molar-refractivity contribution is 7.93. The number of aliphatic hydroxyl groups excluding tert-OH is 1. The standard InChI is InChI=1S/C18H24N4O4S2/c1-18(2,24)14-9-20-17(27-14)28(19,25)22-16(23)21-15-11-5-3-4-10(11)8-13-12(15)6-7-26-13/h8-9,16,21,23-24H,3-7H2,1-2H3,(H2,19,22,25). The summed E-state index contributed by atoms with van der Waals surface area (Å²) in [5.41, 5.74) is 3.06. The lowest BCUT2D eigenvalue weighted by atomic mass is 10.0. The fourth-order valence-electron chi connectivity index (χ4n) is 3.60. The van der Waals surface area contributed by atoms with E-state index in [-0.39, 0.29) is 4.34 Å². The van der Waals surface area contributed by atoms with Crippen LogP contribution >= 0.6 is 11.3 Å². The van der Waals surface area contributed by atoms with Crippen LogP contribution in [0, 0.1) is 0 Å². The molecule has 2 unspecified atom stereocenters. The number of aryl methyl sites for hydroxylation is 1. The lowest BCUT2D eigenvalue weighted by Crippen LogP contribution is -2.23. The van der Waals surface area contributed by atoms with Gasteiger partial charge in [0, 0.05) is 23.9 Å². The Morgan fingerprint density at radius 2 is 2.18 bits per heavy atom. The first-order chi connectivity index (χ1) is 13.1. The van der Waals surface area contributed by atoms with Crippen molar-refractivity contribution < 1.29 is 19.2 Å². The maximum absolute atomic E-state index is 12.8. The molecule has 0 saturated heterocycles. The van der Waals surface area contributed by atoms with Crippen LogP contribution in [-0.4, -0.2) is 32.4 Å². The predicted molar refractivity (Wildman–Crippen MR) is 108 cm³/mol. The molecular weight excluding hydrogens is 400 g/mol. The zero-order valence-electron chi connectivity index (χ0n) is 15.8. The Morgan fingerprint density at radius 1 is 1.39 bits per heavy atom. The van der Waals surface area contributed by atoms with Gasteiger partial charge in [0.2, 0.25) is 10.7 Å². The second-order valence-corrected chi connectivity index (χ2v) is 10.6. The average Bonchev–Trinajstić information content (AvgIpc) is 3.33. The minimum atomic E-state index is -3.42. The number of aliphatic hydroxyl groups is 2. The predicted octanol–water partition coefficient (Wildman–Crippen LogP) is 1.88. The molecule has 4 rings (SSSR count). The molecule has 0 bridgehead atoms. The first-order valence-corrected chi connectivity index (χ1v) is 11.5. The van der Waals surface area contributed by atoms with E-state index < -0.39 is 21.9 Å². The number of anilines is 1. The highest BCUT2D eigenvalue weighted by Crippen LogP contribution is 2.41. The maximum atomic E-state index is 12.8. The molecule has 5 N–H and O–H groups in total. The summed E-state index contributed by atoms with van der Waals surface area (Å²) in [6, 6.07) is 2.08. The molecule has 1 aliphatic heterocycles. The molecule has 0 amide bonds. The van der Waals surface area contributed by atoms with E-state index in [1.165, 1.54) is 11.8 Å². The lowest BCUT2D eigenvalue weighted by molar-refractivity contribution is 0.0823. The molecule has 1 aromatic heterocycles. The number of fused-ring (bicyclic) bond motifs is 2.